The molecule has 0 amide bonds. The highest BCUT2D eigenvalue weighted by molar-refractivity contribution is 5.88. The molecule has 2 aromatic carbocycles. The summed E-state index contributed by atoms with van der Waals surface area (Å²) in [6, 6.07) is 16.3. The first-order chi connectivity index (χ1) is 14.7. The van der Waals surface area contributed by atoms with Crippen LogP contribution in [0.2, 0.25) is 0 Å². The van der Waals surface area contributed by atoms with Gasteiger partial charge in [-0.15, -0.1) is 0 Å². The first-order valence-electron chi connectivity index (χ1n) is 9.33. The summed E-state index contributed by atoms with van der Waals surface area (Å²) in [5, 5.41) is 5.63. The van der Waals surface area contributed by atoms with Crippen LogP contribution in [0.15, 0.2) is 79.6 Å². The Balaban J connectivity index is 1.77. The monoisotopic (exact) mass is 399 g/mol. The number of hydrogen-bond donors (Lipinski definition) is 0. The molecular weight excluding hydrogens is 382 g/mol. The molecule has 7 nitrogen and oxygen atoms in total. The lowest BCUT2D eigenvalue weighted by atomic mass is 10.2. The van der Waals surface area contributed by atoms with E-state index in [1.165, 1.54) is 10.9 Å². The molecule has 0 radical (unpaired) electrons. The van der Waals surface area contributed by atoms with Crippen molar-refractivity contribution in [2.75, 3.05) is 7.11 Å². The highest BCUT2D eigenvalue weighted by Gasteiger charge is 2.18. The van der Waals surface area contributed by atoms with Gasteiger partial charge in [0.2, 0.25) is 5.82 Å². The van der Waals surface area contributed by atoms with Crippen molar-refractivity contribution in [3.63, 3.8) is 0 Å². The van der Waals surface area contributed by atoms with E-state index in [0.717, 1.165) is 10.9 Å². The van der Waals surface area contributed by atoms with Gasteiger partial charge < -0.3 is 13.6 Å². The Bertz CT molecular complexity index is 1470. The summed E-state index contributed by atoms with van der Waals surface area (Å²) in [6.07, 6.45) is 3.07. The maximum Gasteiger partial charge on any atom is 0.282 e. The average molecular weight is 399 g/mol. The smallest absolute Gasteiger partial charge is 0.282 e. The number of aryl methyl sites for hydroxylation is 1. The van der Waals surface area contributed by atoms with Gasteiger partial charge in [0.05, 0.1) is 35.9 Å². The van der Waals surface area contributed by atoms with E-state index >= 15 is 0 Å². The molecule has 0 saturated carbocycles. The minimum atomic E-state index is -0.302. The van der Waals surface area contributed by atoms with E-state index in [-0.39, 0.29) is 11.4 Å². The van der Waals surface area contributed by atoms with Gasteiger partial charge in [0.25, 0.3) is 5.56 Å². The van der Waals surface area contributed by atoms with Crippen LogP contribution in [-0.4, -0.2) is 23.0 Å². The minimum Gasteiger partial charge on any atom is -0.496 e. The number of nitrogens with zero attached hydrogens (tertiary/aromatic N) is 3. The number of hydrogen-bond acceptors (Lipinski definition) is 6. The fourth-order valence-electron chi connectivity index (χ4n) is 3.34. The van der Waals surface area contributed by atoms with E-state index in [9.17, 15) is 4.79 Å². The first kappa shape index (κ1) is 17.9. The number of aromatic nitrogens is 2. The van der Waals surface area contributed by atoms with Gasteiger partial charge in [0.15, 0.2) is 5.76 Å². The minimum absolute atomic E-state index is 0.289. The largest absolute Gasteiger partial charge is 0.496 e. The highest BCUT2D eigenvalue weighted by atomic mass is 16.5. The lowest BCUT2D eigenvalue weighted by molar-refractivity contribution is 0.419. The van der Waals surface area contributed by atoms with Crippen LogP contribution in [0.5, 0.6) is 5.75 Å². The number of fused-ring (bicyclic) bond motifs is 2. The molecule has 5 aromatic rings. The van der Waals surface area contributed by atoms with Crippen molar-refractivity contribution in [1.29, 1.82) is 0 Å². The molecule has 30 heavy (non-hydrogen) atoms. The van der Waals surface area contributed by atoms with Crippen LogP contribution in [0.25, 0.3) is 33.5 Å². The Morgan fingerprint density at radius 1 is 1.10 bits per heavy atom. The second-order valence-corrected chi connectivity index (χ2v) is 6.76. The molecule has 7 heteroatoms. The Kier molecular flexibility index (Phi) is 4.21. The number of methoxy groups -OCH3 is 1. The SMILES string of the molecule is COc1cccc2oc(-c3nc4ccccc4c(=O)n3N=Cc3occc3C)cc12. The van der Waals surface area contributed by atoms with Gasteiger partial charge in [0.1, 0.15) is 17.1 Å². The second-order valence-electron chi connectivity index (χ2n) is 6.76. The van der Waals surface area contributed by atoms with Crippen LogP contribution in [0.1, 0.15) is 11.3 Å². The van der Waals surface area contributed by atoms with Gasteiger partial charge in [-0.1, -0.05) is 18.2 Å². The molecule has 3 aromatic heterocycles. The summed E-state index contributed by atoms with van der Waals surface area (Å²) in [6.45, 7) is 1.90. The number of para-hydroxylation sites is 1. The summed E-state index contributed by atoms with van der Waals surface area (Å²) in [4.78, 5) is 17.9. The third kappa shape index (κ3) is 2.88. The van der Waals surface area contributed by atoms with Crippen LogP contribution < -0.4 is 10.3 Å². The van der Waals surface area contributed by atoms with Crippen molar-refractivity contribution < 1.29 is 13.6 Å². The molecule has 5 rings (SSSR count). The first-order valence-corrected chi connectivity index (χ1v) is 9.33. The topological polar surface area (TPSA) is 82.8 Å². The lowest BCUT2D eigenvalue weighted by Crippen LogP contribution is -2.20. The zero-order valence-corrected chi connectivity index (χ0v) is 16.3. The molecule has 0 bridgehead atoms. The quantitative estimate of drug-likeness (QED) is 0.413. The molecule has 0 unspecified atom stereocenters. The zero-order chi connectivity index (χ0) is 20.7. The van der Waals surface area contributed by atoms with E-state index in [1.54, 1.807) is 37.6 Å². The van der Waals surface area contributed by atoms with Crippen molar-refractivity contribution in [2.45, 2.75) is 6.92 Å². The van der Waals surface area contributed by atoms with Crippen molar-refractivity contribution in [3.8, 4) is 17.3 Å². The third-order valence-corrected chi connectivity index (χ3v) is 4.91. The standard InChI is InChI=1S/C23H17N3O4/c1-14-10-11-29-21(14)13-24-26-22(25-17-7-4-3-6-15(17)23(26)27)20-12-16-18(28-2)8-5-9-19(16)30-20/h3-13H,1-2H3. The van der Waals surface area contributed by atoms with Gasteiger partial charge in [-0.25, -0.2) is 4.98 Å². The Morgan fingerprint density at radius 3 is 2.77 bits per heavy atom. The van der Waals surface area contributed by atoms with Crippen molar-refractivity contribution in [1.82, 2.24) is 9.66 Å². The zero-order valence-electron chi connectivity index (χ0n) is 16.3. The van der Waals surface area contributed by atoms with Crippen LogP contribution in [0, 0.1) is 6.92 Å². The maximum atomic E-state index is 13.2. The summed E-state index contributed by atoms with van der Waals surface area (Å²) in [5.74, 6) is 1.93. The van der Waals surface area contributed by atoms with Crippen molar-refractivity contribution in [3.05, 3.63) is 82.5 Å². The summed E-state index contributed by atoms with van der Waals surface area (Å²) in [5.41, 5.74) is 1.80. The van der Waals surface area contributed by atoms with Gasteiger partial charge >= 0.3 is 0 Å². The van der Waals surface area contributed by atoms with Crippen molar-refractivity contribution >= 4 is 28.1 Å². The number of rotatable bonds is 4. The van der Waals surface area contributed by atoms with E-state index < -0.39 is 0 Å². The molecular formula is C23H17N3O4. The van der Waals surface area contributed by atoms with Crippen LogP contribution >= 0.6 is 0 Å². The number of benzene rings is 2. The Morgan fingerprint density at radius 2 is 1.97 bits per heavy atom. The molecule has 3 heterocycles. The lowest BCUT2D eigenvalue weighted by Gasteiger charge is -2.07. The fraction of sp³-hybridized carbons (Fsp3) is 0.0870. The summed E-state index contributed by atoms with van der Waals surface area (Å²) in [7, 11) is 1.60. The van der Waals surface area contributed by atoms with Crippen molar-refractivity contribution in [2.24, 2.45) is 5.10 Å². The van der Waals surface area contributed by atoms with E-state index in [2.05, 4.69) is 10.1 Å². The van der Waals surface area contributed by atoms with Gasteiger partial charge in [-0.05, 0) is 48.9 Å². The van der Waals surface area contributed by atoms with Gasteiger partial charge in [0, 0.05) is 0 Å². The molecule has 0 atom stereocenters. The molecule has 148 valence electrons. The van der Waals surface area contributed by atoms with Gasteiger partial charge in [-0.3, -0.25) is 4.79 Å². The molecule has 0 aliphatic carbocycles. The molecule has 0 spiro atoms. The number of furan rings is 2. The normalized spacial score (nSPS) is 11.7. The molecule has 0 N–H and O–H groups in total. The summed E-state index contributed by atoms with van der Waals surface area (Å²) >= 11 is 0. The highest BCUT2D eigenvalue weighted by Crippen LogP contribution is 2.32. The summed E-state index contributed by atoms with van der Waals surface area (Å²) < 4.78 is 18.1. The van der Waals surface area contributed by atoms with Crippen LogP contribution in [0.3, 0.4) is 0 Å². The predicted octanol–water partition coefficient (Wildman–Crippen LogP) is 4.60. The molecule has 0 fully saturated rings. The molecule has 0 aliphatic rings. The third-order valence-electron chi connectivity index (χ3n) is 4.91. The van der Waals surface area contributed by atoms with E-state index in [1.807, 2.05) is 37.3 Å². The van der Waals surface area contributed by atoms with E-state index in [4.69, 9.17) is 13.6 Å². The van der Waals surface area contributed by atoms with Crippen LogP contribution in [0.4, 0.5) is 0 Å². The molecule has 0 aliphatic heterocycles. The Labute approximate surface area is 170 Å². The van der Waals surface area contributed by atoms with E-state index in [0.29, 0.717) is 33.8 Å². The Hall–Kier alpha value is -4.13. The number of ether oxygens (including phenoxy) is 1. The maximum absolute atomic E-state index is 13.2. The second kappa shape index (κ2) is 7.04. The molecule has 0 saturated heterocycles. The predicted molar refractivity (Wildman–Crippen MR) is 114 cm³/mol. The fourth-order valence-corrected chi connectivity index (χ4v) is 3.34. The average Bonchev–Trinajstić information content (AvgIpc) is 3.38. The van der Waals surface area contributed by atoms with Crippen LogP contribution in [-0.2, 0) is 0 Å². The van der Waals surface area contributed by atoms with Gasteiger partial charge in [-0.2, -0.15) is 9.78 Å².